The van der Waals surface area contributed by atoms with Gasteiger partial charge in [0, 0.05) is 91.7 Å². The van der Waals surface area contributed by atoms with Crippen LogP contribution in [0.3, 0.4) is 0 Å². The normalized spacial score (nSPS) is 47.6. The quantitative estimate of drug-likeness (QED) is 0.0424. The van der Waals surface area contributed by atoms with Crippen LogP contribution in [0.25, 0.3) is 0 Å². The number of fused-ring (bicyclic) bond motifs is 2. The highest BCUT2D eigenvalue weighted by molar-refractivity contribution is 5.88. The van der Waals surface area contributed by atoms with Gasteiger partial charge in [0.2, 0.25) is 0 Å². The van der Waals surface area contributed by atoms with Gasteiger partial charge in [0.05, 0.1) is 116 Å². The van der Waals surface area contributed by atoms with Crippen LogP contribution in [-0.4, -0.2) is 347 Å². The van der Waals surface area contributed by atoms with Crippen molar-refractivity contribution >= 4 is 5.97 Å². The summed E-state index contributed by atoms with van der Waals surface area (Å²) in [5.74, 6) is -8.74. The Morgan fingerprint density at radius 1 is 0.595 bits per heavy atom. The summed E-state index contributed by atoms with van der Waals surface area (Å²) in [6, 6.07) is -0.877. The summed E-state index contributed by atoms with van der Waals surface area (Å²) < 4.78 is 75.2. The minimum absolute atomic E-state index is 0.0139. The topological polar surface area (TPSA) is 584 Å². The molecule has 0 aliphatic carbocycles. The lowest BCUT2D eigenvalue weighted by atomic mass is 9.82. The van der Waals surface area contributed by atoms with Gasteiger partial charge in [0.1, 0.15) is 73.2 Å². The van der Waals surface area contributed by atoms with Gasteiger partial charge in [-0.15, -0.1) is 0 Å². The van der Waals surface area contributed by atoms with Crippen LogP contribution in [0.1, 0.15) is 193 Å². The van der Waals surface area contributed by atoms with E-state index >= 15 is 0 Å². The van der Waals surface area contributed by atoms with Crippen molar-refractivity contribution in [1.82, 2.24) is 0 Å². The van der Waals surface area contributed by atoms with Gasteiger partial charge in [-0.25, -0.2) is 4.79 Å². The molecular weight excluding hydrogens is 1530 g/mol. The smallest absolute Gasteiger partial charge is 0.333 e. The van der Waals surface area contributed by atoms with Crippen LogP contribution in [0, 0.1) is 35.5 Å². The van der Waals surface area contributed by atoms with E-state index in [1.807, 2.05) is 20.8 Å². The molecule has 676 valence electrons. The summed E-state index contributed by atoms with van der Waals surface area (Å²) in [5, 5.41) is 231. The third-order valence-electron chi connectivity index (χ3n) is 25.4. The average Bonchev–Trinajstić information content (AvgIpc) is 0.772. The summed E-state index contributed by atoms with van der Waals surface area (Å²) in [4.78, 5) is 14.6. The van der Waals surface area contributed by atoms with Crippen LogP contribution >= 0.6 is 0 Å². The van der Waals surface area contributed by atoms with Crippen LogP contribution < -0.4 is 11.5 Å². The number of hydrogen-bond donors (Lipinski definition) is 22. The number of carbonyl (C=O) groups excluding carboxylic acids is 1. The number of nitrogens with two attached hydrogens (primary N) is 2. The standard InChI is InChI=1S/C81H144N2O33/c1-15-18-55(109-61-33-80(14,83)74(101)44(13)106-61)39(8)63(92)45(16-2)22-25-51(87)38(7)56-26-20-36(5)62(91)40(9)57(111-78-71(100)69(98)67(96)59(34-84)113-78)31-53(89)37(6)52(88)28-49-29-54(90)75(102)81(104,116-49)32-58(35(4)19-23-47(85)27-48(86)24-21-46(17-3)76(103)110-56)112-79-73(115-77-70(99)68(97)65(94)42(11)107-77)72(66(95)43(12)108-79)114-60-30-50(82)64(93)41(10)105-60/h20-22,25,35,37-45,47-75,77-79,84-102,104H,15-19,23-24,26-34,82-83H2,1-14H3/b25-22+,36-20+,46-21+/t35?,37?,38?,39?,40?,41-,42-,43-,44+,45?,47?,48?,49?,50-,51?,52?,53?,54?,55?,56?,57?,58?,59-,60+,61+,62?,63?,64-,65-,66-,67-,68+,69+,70-,71+,72+,73-,74-,75?,77+,78-,79+,80+,81?/m1/s1. The third-order valence-corrected chi connectivity index (χ3v) is 25.4. The molecule has 6 saturated heterocycles. The Bertz CT molecular complexity index is 3010. The third kappa shape index (κ3) is 25.8. The molecule has 7 aliphatic heterocycles. The molecule has 0 spiro atoms. The Morgan fingerprint density at radius 2 is 1.19 bits per heavy atom. The molecule has 35 nitrogen and oxygen atoms in total. The number of cyclic esters (lactones) is 1. The monoisotopic (exact) mass is 1670 g/mol. The molecule has 0 aromatic carbocycles. The van der Waals surface area contributed by atoms with E-state index in [0.717, 1.165) is 0 Å². The fourth-order valence-electron chi connectivity index (χ4n) is 16.8. The lowest BCUT2D eigenvalue weighted by Crippen LogP contribution is -2.65. The first kappa shape index (κ1) is 100. The number of hydrogen-bond acceptors (Lipinski definition) is 35. The van der Waals surface area contributed by atoms with Gasteiger partial charge in [-0.2, -0.15) is 0 Å². The molecule has 0 aromatic heterocycles. The minimum Gasteiger partial charge on any atom is -0.458 e. The molecule has 7 rings (SSSR count). The van der Waals surface area contributed by atoms with E-state index in [1.54, 1.807) is 60.6 Å². The second-order valence-corrected chi connectivity index (χ2v) is 34.7. The lowest BCUT2D eigenvalue weighted by Gasteiger charge is -2.50. The molecule has 44 atom stereocenters. The zero-order valence-electron chi connectivity index (χ0n) is 69.8. The van der Waals surface area contributed by atoms with Crippen molar-refractivity contribution in [3.8, 4) is 0 Å². The predicted molar refractivity (Wildman–Crippen MR) is 412 cm³/mol. The van der Waals surface area contributed by atoms with E-state index in [1.165, 1.54) is 39.8 Å². The Hall–Kier alpha value is -2.63. The molecular formula is C81H144N2O33. The van der Waals surface area contributed by atoms with Crippen LogP contribution in [0.5, 0.6) is 0 Å². The van der Waals surface area contributed by atoms with E-state index < -0.39 is 306 Å². The molecule has 0 radical (unpaired) electrons. The van der Waals surface area contributed by atoms with Crippen LogP contribution in [0.2, 0.25) is 0 Å². The second-order valence-electron chi connectivity index (χ2n) is 34.7. The molecule has 7 heterocycles. The first-order chi connectivity index (χ1) is 54.3. The number of aliphatic hydroxyl groups is 20. The summed E-state index contributed by atoms with van der Waals surface area (Å²) in [5.41, 5.74) is 12.1. The maximum Gasteiger partial charge on any atom is 0.333 e. The van der Waals surface area contributed by atoms with E-state index in [4.69, 9.17) is 68.3 Å². The van der Waals surface area contributed by atoms with Crippen molar-refractivity contribution in [2.24, 2.45) is 47.0 Å². The summed E-state index contributed by atoms with van der Waals surface area (Å²) >= 11 is 0. The molecule has 35 heteroatoms. The van der Waals surface area contributed by atoms with Gasteiger partial charge >= 0.3 is 5.97 Å². The van der Waals surface area contributed by atoms with Crippen LogP contribution in [0.15, 0.2) is 35.5 Å². The molecule has 0 amide bonds. The fourth-order valence-corrected chi connectivity index (χ4v) is 16.8. The van der Waals surface area contributed by atoms with Crippen molar-refractivity contribution in [2.75, 3.05) is 6.61 Å². The van der Waals surface area contributed by atoms with Gasteiger partial charge in [0.15, 0.2) is 37.2 Å². The Labute approximate surface area is 681 Å². The molecule has 0 saturated carbocycles. The first-order valence-electron chi connectivity index (χ1n) is 41.9. The van der Waals surface area contributed by atoms with Crippen LogP contribution in [0.4, 0.5) is 0 Å². The molecule has 24 N–H and O–H groups in total. The number of esters is 1. The Morgan fingerprint density at radius 3 is 1.81 bits per heavy atom. The lowest BCUT2D eigenvalue weighted by molar-refractivity contribution is -0.389. The first-order valence-corrected chi connectivity index (χ1v) is 41.9. The van der Waals surface area contributed by atoms with Gasteiger partial charge < -0.3 is 170 Å². The van der Waals surface area contributed by atoms with E-state index in [0.29, 0.717) is 19.3 Å². The van der Waals surface area contributed by atoms with Gasteiger partial charge in [-0.05, 0) is 98.0 Å². The average molecular weight is 1670 g/mol. The largest absolute Gasteiger partial charge is 0.458 e. The van der Waals surface area contributed by atoms with Crippen molar-refractivity contribution in [2.45, 2.75) is 425 Å². The molecule has 0 aromatic rings. The highest BCUT2D eigenvalue weighted by atomic mass is 16.8. The number of aliphatic hydroxyl groups excluding tert-OH is 19. The van der Waals surface area contributed by atoms with E-state index in [9.17, 15) is 107 Å². The molecule has 116 heavy (non-hydrogen) atoms. The van der Waals surface area contributed by atoms with Gasteiger partial charge in [-0.1, -0.05) is 86.1 Å². The summed E-state index contributed by atoms with van der Waals surface area (Å²) in [6.07, 6.45) is -44.7. The summed E-state index contributed by atoms with van der Waals surface area (Å²) in [7, 11) is 0. The SMILES string of the molecule is CCCC(O[C@H]1C[C@](C)(N)[C@H](O)[C@H](C)O1)C(C)C(O)C(/C=C/C(O)C(C)C1C/C=C(\C)C(O)C(C)C(O[C@@H]2O[C@H](CO)[C@@H](O)[C@H](O)[C@@H]2O)CC(O)C(C)C(O)CC2CC(O)C(O)C(O)(CC(O[C@@H]3O[C@H](C)[C@@H](O)[C@H](O[C@H]4C[C@@H](N)[C@H](O)[C@@H](C)O4)[C@H]3O[C@@H]3O[C@H](C)[C@@H](O)[C@H](O)[C@H]3O)C(C)CCC(O)CC(O)C/C=C(\CC)C(=O)O1)O2)CC. The number of carbonyl (C=O) groups is 1. The Balaban J connectivity index is 1.24. The van der Waals surface area contributed by atoms with E-state index in [2.05, 4.69) is 0 Å². The van der Waals surface area contributed by atoms with Crippen molar-refractivity contribution in [3.05, 3.63) is 35.5 Å². The maximum atomic E-state index is 14.6. The predicted octanol–water partition coefficient (Wildman–Crippen LogP) is -1.70. The molecule has 2 bridgehead atoms. The van der Waals surface area contributed by atoms with Gasteiger partial charge in [-0.3, -0.25) is 0 Å². The molecule has 6 fully saturated rings. The van der Waals surface area contributed by atoms with Gasteiger partial charge in [0.25, 0.3) is 0 Å². The Kier molecular flexibility index (Phi) is 38.8. The molecule has 7 aliphatic rings. The summed E-state index contributed by atoms with van der Waals surface area (Å²) in [6.45, 7) is 22.2. The van der Waals surface area contributed by atoms with Crippen molar-refractivity contribution in [3.63, 3.8) is 0 Å². The minimum atomic E-state index is -2.79. The molecule has 21 unspecified atom stereocenters. The zero-order chi connectivity index (χ0) is 86.6. The number of rotatable bonds is 22. The van der Waals surface area contributed by atoms with Crippen LogP contribution in [-0.2, 0) is 61.6 Å². The second kappa shape index (κ2) is 44.8. The van der Waals surface area contributed by atoms with Crippen molar-refractivity contribution in [1.29, 1.82) is 0 Å². The van der Waals surface area contributed by atoms with E-state index in [-0.39, 0.29) is 62.5 Å². The number of ether oxygens (including phenoxy) is 12. The highest BCUT2D eigenvalue weighted by Crippen LogP contribution is 2.42. The fraction of sp³-hybridized carbons (Fsp3) is 0.914. The van der Waals surface area contributed by atoms with Crippen molar-refractivity contribution < 1.29 is 164 Å². The maximum absolute atomic E-state index is 14.6. The highest BCUT2D eigenvalue weighted by Gasteiger charge is 2.57. The zero-order valence-corrected chi connectivity index (χ0v) is 69.8.